The molecule has 0 saturated heterocycles. The summed E-state index contributed by atoms with van der Waals surface area (Å²) in [6, 6.07) is 22.6. The zero-order valence-electron chi connectivity index (χ0n) is 19.2. The molecule has 8 heteroatoms. The molecule has 3 N–H and O–H groups in total. The minimum absolute atomic E-state index is 0.0148. The number of methoxy groups -OCH3 is 1. The highest BCUT2D eigenvalue weighted by Crippen LogP contribution is 2.44. The Labute approximate surface area is 202 Å². The Bertz CT molecular complexity index is 1200. The fraction of sp³-hybridized carbons (Fsp3) is 0.222. The maximum absolute atomic E-state index is 12.7. The van der Waals surface area contributed by atoms with Crippen LogP contribution in [-0.4, -0.2) is 49.4 Å². The third-order valence-electron chi connectivity index (χ3n) is 5.98. The molecule has 0 saturated carbocycles. The lowest BCUT2D eigenvalue weighted by Gasteiger charge is -2.17. The Morgan fingerprint density at radius 2 is 1.51 bits per heavy atom. The first-order chi connectivity index (χ1) is 17.0. The second-order valence-electron chi connectivity index (χ2n) is 8.16. The molecular formula is C27H26N2O6. The predicted octanol–water partition coefficient (Wildman–Crippen LogP) is 4.27. The van der Waals surface area contributed by atoms with E-state index in [4.69, 9.17) is 14.6 Å². The van der Waals surface area contributed by atoms with E-state index in [0.29, 0.717) is 0 Å². The number of nitrogens with one attached hydrogen (secondary N) is 2. The van der Waals surface area contributed by atoms with Gasteiger partial charge in [-0.05, 0) is 34.4 Å². The first-order valence-electron chi connectivity index (χ1n) is 11.2. The molecule has 2 amide bonds. The molecule has 0 aliphatic heterocycles. The van der Waals surface area contributed by atoms with Crippen LogP contribution in [0.15, 0.2) is 72.8 Å². The summed E-state index contributed by atoms with van der Waals surface area (Å²) in [5.41, 5.74) is 5.00. The number of ether oxygens (including phenoxy) is 2. The van der Waals surface area contributed by atoms with Gasteiger partial charge in [-0.2, -0.15) is 0 Å². The van der Waals surface area contributed by atoms with Gasteiger partial charge in [-0.15, -0.1) is 0 Å². The number of hydrogen-bond donors (Lipinski definition) is 3. The molecule has 8 nitrogen and oxygen atoms in total. The number of carbonyl (C=O) groups excluding carboxylic acids is 2. The van der Waals surface area contributed by atoms with Crippen LogP contribution >= 0.6 is 0 Å². The van der Waals surface area contributed by atoms with Crippen molar-refractivity contribution in [2.75, 3.05) is 25.6 Å². The number of hydrogen-bond acceptors (Lipinski definition) is 5. The number of amides is 2. The Balaban J connectivity index is 1.40. The van der Waals surface area contributed by atoms with Crippen molar-refractivity contribution in [1.82, 2.24) is 5.32 Å². The lowest BCUT2D eigenvalue weighted by Crippen LogP contribution is -2.35. The van der Waals surface area contributed by atoms with Crippen molar-refractivity contribution in [1.29, 1.82) is 0 Å². The third kappa shape index (κ3) is 5.50. The molecule has 1 atom stereocenters. The smallest absolute Gasteiger partial charge is 0.411 e. The highest BCUT2D eigenvalue weighted by molar-refractivity contribution is 6.02. The normalized spacial score (nSPS) is 12.8. The molecule has 0 fully saturated rings. The number of benzene rings is 3. The van der Waals surface area contributed by atoms with Crippen LogP contribution in [0.5, 0.6) is 0 Å². The summed E-state index contributed by atoms with van der Waals surface area (Å²) in [6.07, 6.45) is -1.58. The molecule has 3 aromatic rings. The van der Waals surface area contributed by atoms with E-state index >= 15 is 0 Å². The van der Waals surface area contributed by atoms with Crippen molar-refractivity contribution >= 4 is 23.7 Å². The van der Waals surface area contributed by atoms with E-state index in [1.54, 1.807) is 24.3 Å². The number of fused-ring (bicyclic) bond motifs is 3. The molecule has 0 radical (unpaired) electrons. The molecule has 1 aliphatic rings. The van der Waals surface area contributed by atoms with Crippen LogP contribution < -0.4 is 10.6 Å². The Morgan fingerprint density at radius 3 is 2.14 bits per heavy atom. The van der Waals surface area contributed by atoms with Gasteiger partial charge in [0.2, 0.25) is 0 Å². The summed E-state index contributed by atoms with van der Waals surface area (Å²) in [5.74, 6) is -1.57. The molecule has 3 aromatic carbocycles. The van der Waals surface area contributed by atoms with Gasteiger partial charge in [-0.25, -0.2) is 4.79 Å². The number of carboxylic acids is 1. The summed E-state index contributed by atoms with van der Waals surface area (Å²) < 4.78 is 10.7. The highest BCUT2D eigenvalue weighted by atomic mass is 16.5. The maximum Gasteiger partial charge on any atom is 0.411 e. The van der Waals surface area contributed by atoms with Crippen LogP contribution in [0.4, 0.5) is 10.5 Å². The van der Waals surface area contributed by atoms with E-state index in [2.05, 4.69) is 22.8 Å². The number of carbonyl (C=O) groups is 3. The lowest BCUT2D eigenvalue weighted by molar-refractivity contribution is -0.139. The monoisotopic (exact) mass is 474 g/mol. The van der Waals surface area contributed by atoms with Crippen molar-refractivity contribution in [2.45, 2.75) is 18.4 Å². The summed E-state index contributed by atoms with van der Waals surface area (Å²) in [5, 5.41) is 14.2. The number of rotatable bonds is 9. The molecule has 35 heavy (non-hydrogen) atoms. The fourth-order valence-corrected chi connectivity index (χ4v) is 4.27. The van der Waals surface area contributed by atoms with Crippen LogP contribution in [0.25, 0.3) is 11.1 Å². The summed E-state index contributed by atoms with van der Waals surface area (Å²) in [7, 11) is 1.38. The third-order valence-corrected chi connectivity index (χ3v) is 5.98. The quantitative estimate of drug-likeness (QED) is 0.427. The zero-order valence-corrected chi connectivity index (χ0v) is 19.2. The van der Waals surface area contributed by atoms with Crippen molar-refractivity contribution in [3.05, 3.63) is 89.5 Å². The average molecular weight is 475 g/mol. The number of para-hydroxylation sites is 1. The molecule has 180 valence electrons. The van der Waals surface area contributed by atoms with Crippen molar-refractivity contribution in [3.63, 3.8) is 0 Å². The van der Waals surface area contributed by atoms with Crippen LogP contribution in [-0.2, 0) is 14.3 Å². The van der Waals surface area contributed by atoms with Gasteiger partial charge in [0.05, 0.1) is 23.8 Å². The van der Waals surface area contributed by atoms with E-state index < -0.39 is 24.1 Å². The summed E-state index contributed by atoms with van der Waals surface area (Å²) in [6.45, 7) is 0.167. The van der Waals surface area contributed by atoms with Gasteiger partial charge in [-0.1, -0.05) is 60.7 Å². The molecule has 0 bridgehead atoms. The predicted molar refractivity (Wildman–Crippen MR) is 131 cm³/mol. The van der Waals surface area contributed by atoms with Crippen LogP contribution in [0.2, 0.25) is 0 Å². The molecule has 0 spiro atoms. The molecule has 4 rings (SSSR count). The van der Waals surface area contributed by atoms with Crippen LogP contribution in [0, 0.1) is 0 Å². The van der Waals surface area contributed by atoms with Gasteiger partial charge < -0.3 is 19.9 Å². The van der Waals surface area contributed by atoms with Gasteiger partial charge in [0.15, 0.2) is 0 Å². The Kier molecular flexibility index (Phi) is 7.42. The SMILES string of the molecule is COC(CNC(=O)c1ccccc1NC(=O)OCC1c2ccccc2-c2ccccc21)CC(=O)O. The summed E-state index contributed by atoms with van der Waals surface area (Å²) >= 11 is 0. The second kappa shape index (κ2) is 10.8. The summed E-state index contributed by atoms with van der Waals surface area (Å²) in [4.78, 5) is 36.2. The van der Waals surface area contributed by atoms with Gasteiger partial charge in [0.25, 0.3) is 5.91 Å². The zero-order chi connectivity index (χ0) is 24.8. The highest BCUT2D eigenvalue weighted by Gasteiger charge is 2.29. The first kappa shape index (κ1) is 24.0. The first-order valence-corrected chi connectivity index (χ1v) is 11.2. The van der Waals surface area contributed by atoms with Crippen LogP contribution in [0.1, 0.15) is 33.8 Å². The molecular weight excluding hydrogens is 448 g/mol. The molecule has 1 unspecified atom stereocenters. The van der Waals surface area contributed by atoms with Gasteiger partial charge in [0.1, 0.15) is 6.61 Å². The van der Waals surface area contributed by atoms with Gasteiger partial charge >= 0.3 is 12.1 Å². The minimum Gasteiger partial charge on any atom is -0.481 e. The fourth-order valence-electron chi connectivity index (χ4n) is 4.27. The van der Waals surface area contributed by atoms with E-state index in [1.165, 1.54) is 7.11 Å². The average Bonchev–Trinajstić information content (AvgIpc) is 3.19. The van der Waals surface area contributed by atoms with E-state index in [-0.39, 0.29) is 36.7 Å². The largest absolute Gasteiger partial charge is 0.481 e. The minimum atomic E-state index is -1.02. The van der Waals surface area contributed by atoms with Crippen LogP contribution in [0.3, 0.4) is 0 Å². The number of anilines is 1. The second-order valence-corrected chi connectivity index (χ2v) is 8.16. The topological polar surface area (TPSA) is 114 Å². The lowest BCUT2D eigenvalue weighted by atomic mass is 9.98. The number of aliphatic carboxylic acids is 1. The van der Waals surface area contributed by atoms with Crippen molar-refractivity contribution < 1.29 is 29.0 Å². The van der Waals surface area contributed by atoms with E-state index in [9.17, 15) is 14.4 Å². The molecule has 1 aliphatic carbocycles. The van der Waals surface area contributed by atoms with E-state index in [1.807, 2.05) is 36.4 Å². The Hall–Kier alpha value is -4.17. The molecule has 0 aromatic heterocycles. The van der Waals surface area contributed by atoms with E-state index in [0.717, 1.165) is 22.3 Å². The van der Waals surface area contributed by atoms with Crippen molar-refractivity contribution in [3.8, 4) is 11.1 Å². The van der Waals surface area contributed by atoms with Crippen molar-refractivity contribution in [2.24, 2.45) is 0 Å². The van der Waals surface area contributed by atoms with Gasteiger partial charge in [-0.3, -0.25) is 14.9 Å². The maximum atomic E-state index is 12.7. The Morgan fingerprint density at radius 1 is 0.914 bits per heavy atom. The van der Waals surface area contributed by atoms with Gasteiger partial charge in [0, 0.05) is 19.6 Å². The number of carboxylic acid groups (broad SMARTS) is 1. The standard InChI is InChI=1S/C27H26N2O6/c1-34-17(14-25(30)31)15-28-26(32)22-12-6-7-13-24(22)29-27(33)35-16-23-20-10-4-2-8-18(20)19-9-3-5-11-21(19)23/h2-13,17,23H,14-16H2,1H3,(H,28,32)(H,29,33)(H,30,31). The molecule has 0 heterocycles.